The zero-order valence-corrected chi connectivity index (χ0v) is 39.9. The number of hydrogen-bond acceptors (Lipinski definition) is 18. The van der Waals surface area contributed by atoms with Gasteiger partial charge in [-0.1, -0.05) is 10.4 Å². The summed E-state index contributed by atoms with van der Waals surface area (Å²) in [5.41, 5.74) is -3.31. The second kappa shape index (κ2) is 22.3. The minimum atomic E-state index is -8.81. The average Bonchev–Trinajstić information content (AvgIpc) is 4.26. The molecule has 23 nitrogen and oxygen atoms in total. The van der Waals surface area contributed by atoms with E-state index in [1.807, 2.05) is 4.98 Å². The van der Waals surface area contributed by atoms with E-state index in [2.05, 4.69) is 20.6 Å². The van der Waals surface area contributed by atoms with Crippen LogP contribution in [-0.2, 0) is 65.5 Å². The SMILES string of the molecule is CC(=O)OC[C@H]1O[C@@H](n2cc(-c3cn([C@H]4C[C@H](O)[C@@H](Cn5cc(CNC(=O)CCC(F)(F)C(F)(F)C(F)(F)C(F)(F)C(F)(F)C(F)(F)C(F)(F)C(F)(F)F)nn5)O4)c(=O)[nH]c3=O)nn2)[C@H](OC(C)=O)[C@@H](OC(C)=O)[C@@H]1OC(C)=O. The Morgan fingerprint density at radius 3 is 1.78 bits per heavy atom. The molecule has 0 spiro atoms. The lowest BCUT2D eigenvalue weighted by Gasteiger charge is -2.44. The highest BCUT2D eigenvalue weighted by Gasteiger charge is 2.95. The van der Waals surface area contributed by atoms with E-state index in [0.717, 1.165) is 60.2 Å². The molecule has 2 saturated heterocycles. The van der Waals surface area contributed by atoms with Gasteiger partial charge >= 0.3 is 77.2 Å². The number of nitrogens with zero attached hydrogens (tertiary/aromatic N) is 7. The molecular formula is C39H38F17N9O14. The molecule has 2 aliphatic rings. The lowest BCUT2D eigenvalue weighted by molar-refractivity contribution is -0.461. The number of amides is 1. The number of aromatic nitrogens is 8. The van der Waals surface area contributed by atoms with E-state index in [1.54, 1.807) is 5.32 Å². The zero-order chi connectivity index (χ0) is 60.0. The highest BCUT2D eigenvalue weighted by atomic mass is 19.4. The van der Waals surface area contributed by atoms with Crippen molar-refractivity contribution in [2.45, 2.75) is 157 Å². The van der Waals surface area contributed by atoms with Crippen LogP contribution in [0.3, 0.4) is 0 Å². The fraction of sp³-hybridized carbons (Fsp3) is 0.667. The molecule has 442 valence electrons. The maximum Gasteiger partial charge on any atom is 0.460 e. The van der Waals surface area contributed by atoms with Crippen molar-refractivity contribution < 1.29 is 132 Å². The van der Waals surface area contributed by atoms with E-state index in [4.69, 9.17) is 28.4 Å². The standard InChI is InChI=1S/C39H38F17N9O14/c1-14(66)74-13-23-26(75-15(2)67)27(76-16(3)68)28(77-17(4)69)30(79-23)65-11-20(60-62-65)19-10-64(31(73)58-29(19)72)25-7-21(70)22(78-25)12-63-9-18(59-61-63)8-57-24(71)5-6-32(40,41)33(42,43)34(44,45)35(46,47)36(48,49)37(50,51)38(52,53)39(54,55)56/h9-11,21-23,25-28,30,70H,5-8,12-13H2,1-4H3,(H,57,71)(H,58,72,73)/t21-,22+,23+,25+,26+,27-,28+,30+/m0/s1. The van der Waals surface area contributed by atoms with E-state index in [0.29, 0.717) is 0 Å². The number of aliphatic hydroxyl groups is 1. The molecule has 5 heterocycles. The normalized spacial score (nSPS) is 22.8. The number of carbonyl (C=O) groups excluding carboxylic acids is 5. The quantitative estimate of drug-likeness (QED) is 0.0782. The van der Waals surface area contributed by atoms with Gasteiger partial charge in [-0.2, -0.15) is 74.6 Å². The minimum Gasteiger partial charge on any atom is -0.463 e. The molecule has 0 unspecified atom stereocenters. The summed E-state index contributed by atoms with van der Waals surface area (Å²) in [6.07, 6.45) is -22.7. The second-order valence-corrected chi connectivity index (χ2v) is 17.2. The number of hydrogen-bond donors (Lipinski definition) is 3. The van der Waals surface area contributed by atoms with E-state index in [9.17, 15) is 113 Å². The van der Waals surface area contributed by atoms with Crippen molar-refractivity contribution >= 4 is 29.8 Å². The first-order valence-corrected chi connectivity index (χ1v) is 21.8. The van der Waals surface area contributed by atoms with Gasteiger partial charge in [-0.15, -0.1) is 10.2 Å². The molecule has 79 heavy (non-hydrogen) atoms. The highest BCUT2D eigenvalue weighted by molar-refractivity contribution is 5.76. The summed E-state index contributed by atoms with van der Waals surface area (Å²) in [5.74, 6) is -63.4. The maximum absolute atomic E-state index is 14.3. The Morgan fingerprint density at radius 1 is 0.684 bits per heavy atom. The number of H-pyrrole nitrogens is 1. The molecule has 0 saturated carbocycles. The summed E-state index contributed by atoms with van der Waals surface area (Å²) in [6, 6.07) is 0. The van der Waals surface area contributed by atoms with Crippen LogP contribution in [0.1, 0.15) is 65.1 Å². The van der Waals surface area contributed by atoms with Crippen LogP contribution in [0, 0.1) is 0 Å². The fourth-order valence-electron chi connectivity index (χ4n) is 7.47. The molecule has 0 aromatic carbocycles. The van der Waals surface area contributed by atoms with Gasteiger partial charge in [0.15, 0.2) is 24.5 Å². The number of carbonyl (C=O) groups is 5. The van der Waals surface area contributed by atoms with Crippen LogP contribution in [0.2, 0.25) is 0 Å². The van der Waals surface area contributed by atoms with Crippen molar-refractivity contribution in [3.8, 4) is 11.3 Å². The van der Waals surface area contributed by atoms with Crippen LogP contribution < -0.4 is 16.6 Å². The lowest BCUT2D eigenvalue weighted by Crippen LogP contribution is -2.74. The fourth-order valence-corrected chi connectivity index (χ4v) is 7.47. The van der Waals surface area contributed by atoms with E-state index >= 15 is 0 Å². The van der Waals surface area contributed by atoms with Crippen molar-refractivity contribution in [3.05, 3.63) is 45.1 Å². The topological polar surface area (TPSA) is 289 Å². The minimum absolute atomic E-state index is 0.326. The predicted octanol–water partition coefficient (Wildman–Crippen LogP) is 3.40. The first-order valence-electron chi connectivity index (χ1n) is 21.8. The van der Waals surface area contributed by atoms with Crippen LogP contribution in [-0.4, -0.2) is 165 Å². The maximum atomic E-state index is 14.3. The third-order valence-corrected chi connectivity index (χ3v) is 11.4. The van der Waals surface area contributed by atoms with Gasteiger partial charge in [0.05, 0.1) is 37.2 Å². The third kappa shape index (κ3) is 12.3. The van der Waals surface area contributed by atoms with Gasteiger partial charge in [0.1, 0.15) is 36.4 Å². The summed E-state index contributed by atoms with van der Waals surface area (Å²) in [4.78, 5) is 88.7. The van der Waals surface area contributed by atoms with Crippen LogP contribution in [0.25, 0.3) is 11.3 Å². The van der Waals surface area contributed by atoms with Crippen molar-refractivity contribution in [1.82, 2.24) is 44.9 Å². The molecule has 0 bridgehead atoms. The number of aromatic amines is 1. The van der Waals surface area contributed by atoms with Gasteiger partial charge in [0, 0.05) is 53.2 Å². The summed E-state index contributed by atoms with van der Waals surface area (Å²) in [7, 11) is 0. The Morgan fingerprint density at radius 2 is 1.23 bits per heavy atom. The molecule has 2 fully saturated rings. The largest absolute Gasteiger partial charge is 0.463 e. The van der Waals surface area contributed by atoms with Crippen LogP contribution in [0.4, 0.5) is 74.6 Å². The molecule has 40 heteroatoms. The Bertz CT molecular complexity index is 2880. The molecular weight excluding hydrogens is 1140 g/mol. The summed E-state index contributed by atoms with van der Waals surface area (Å²) in [6.45, 7) is 1.92. The van der Waals surface area contributed by atoms with Gasteiger partial charge < -0.3 is 38.8 Å². The molecule has 0 radical (unpaired) electrons. The zero-order valence-electron chi connectivity index (χ0n) is 39.9. The number of nitrogens with one attached hydrogen (secondary N) is 2. The lowest BCUT2D eigenvalue weighted by atomic mass is 9.88. The molecule has 0 aliphatic carbocycles. The number of aliphatic hydroxyl groups excluding tert-OH is 1. The molecule has 3 aromatic heterocycles. The molecule has 8 atom stereocenters. The van der Waals surface area contributed by atoms with Crippen molar-refractivity contribution in [1.29, 1.82) is 0 Å². The van der Waals surface area contributed by atoms with E-state index in [1.165, 1.54) is 0 Å². The number of esters is 4. The van der Waals surface area contributed by atoms with Gasteiger partial charge in [-0.3, -0.25) is 38.3 Å². The van der Waals surface area contributed by atoms with Crippen molar-refractivity contribution in [3.63, 3.8) is 0 Å². The summed E-state index contributed by atoms with van der Waals surface area (Å²) in [5, 5.41) is 27.5. The van der Waals surface area contributed by atoms with Gasteiger partial charge in [0.2, 0.25) is 5.91 Å². The van der Waals surface area contributed by atoms with Crippen molar-refractivity contribution in [2.24, 2.45) is 0 Å². The molecule has 5 rings (SSSR count). The molecule has 3 N–H and O–H groups in total. The smallest absolute Gasteiger partial charge is 0.460 e. The van der Waals surface area contributed by atoms with Crippen LogP contribution in [0.15, 0.2) is 28.2 Å². The van der Waals surface area contributed by atoms with Gasteiger partial charge in [-0.25, -0.2) is 14.2 Å². The van der Waals surface area contributed by atoms with Gasteiger partial charge in [-0.05, 0) is 0 Å². The first-order chi connectivity index (χ1) is 36.0. The molecule has 3 aromatic rings. The van der Waals surface area contributed by atoms with Gasteiger partial charge in [0.25, 0.3) is 5.56 Å². The molecule has 2 aliphatic heterocycles. The Balaban J connectivity index is 1.26. The number of alkyl halides is 17. The van der Waals surface area contributed by atoms with E-state index < -0.39 is 182 Å². The van der Waals surface area contributed by atoms with Crippen LogP contribution in [0.5, 0.6) is 0 Å². The van der Waals surface area contributed by atoms with Crippen molar-refractivity contribution in [2.75, 3.05) is 6.61 Å². The average molecular weight is 1180 g/mol. The Labute approximate surface area is 426 Å². The van der Waals surface area contributed by atoms with Crippen LogP contribution >= 0.6 is 0 Å². The second-order valence-electron chi connectivity index (χ2n) is 17.2. The number of halogens is 17. The summed E-state index contributed by atoms with van der Waals surface area (Å²) >= 11 is 0. The van der Waals surface area contributed by atoms with E-state index in [-0.39, 0.29) is 11.4 Å². The number of rotatable bonds is 21. The predicted molar refractivity (Wildman–Crippen MR) is 214 cm³/mol. The number of ether oxygens (including phenoxy) is 6. The monoisotopic (exact) mass is 1180 g/mol. The Hall–Kier alpha value is -7.00. The molecule has 1 amide bonds. The Kier molecular flexibility index (Phi) is 17.7. The third-order valence-electron chi connectivity index (χ3n) is 11.4. The highest BCUT2D eigenvalue weighted by Crippen LogP contribution is 2.64. The summed E-state index contributed by atoms with van der Waals surface area (Å²) < 4.78 is 267. The first kappa shape index (κ1) is 62.8.